The SMILES string of the molecule is COc1ccccc1/C=C/CNC1CCC(C(F)(F)F)N(C(C)=O)C1. The number of alkyl halides is 3. The molecular formula is C18H23F3N2O2. The van der Waals surface area contributed by atoms with Crippen molar-refractivity contribution in [3.05, 3.63) is 35.9 Å². The third kappa shape index (κ3) is 5.22. The van der Waals surface area contributed by atoms with Crippen LogP contribution in [-0.4, -0.2) is 49.3 Å². The number of hydrogen-bond donors (Lipinski definition) is 1. The molecule has 0 aromatic heterocycles. The van der Waals surface area contributed by atoms with Gasteiger partial charge in [0.1, 0.15) is 11.8 Å². The summed E-state index contributed by atoms with van der Waals surface area (Å²) in [6.07, 6.45) is -0.268. The molecule has 1 aliphatic heterocycles. The van der Waals surface area contributed by atoms with Crippen molar-refractivity contribution in [1.29, 1.82) is 0 Å². The molecule has 25 heavy (non-hydrogen) atoms. The molecule has 0 spiro atoms. The van der Waals surface area contributed by atoms with E-state index in [1.807, 2.05) is 36.4 Å². The zero-order chi connectivity index (χ0) is 18.4. The van der Waals surface area contributed by atoms with Gasteiger partial charge in [0.2, 0.25) is 5.91 Å². The maximum atomic E-state index is 13.0. The number of carbonyl (C=O) groups excluding carboxylic acids is 1. The van der Waals surface area contributed by atoms with Crippen molar-refractivity contribution >= 4 is 12.0 Å². The topological polar surface area (TPSA) is 41.6 Å². The van der Waals surface area contributed by atoms with Gasteiger partial charge in [0, 0.05) is 31.6 Å². The number of para-hydroxylation sites is 1. The van der Waals surface area contributed by atoms with Crippen molar-refractivity contribution in [1.82, 2.24) is 10.2 Å². The van der Waals surface area contributed by atoms with Crippen LogP contribution in [0.1, 0.15) is 25.3 Å². The number of carbonyl (C=O) groups is 1. The van der Waals surface area contributed by atoms with Crippen molar-refractivity contribution in [2.75, 3.05) is 20.2 Å². The Morgan fingerprint density at radius 1 is 1.36 bits per heavy atom. The molecule has 1 saturated heterocycles. The highest BCUT2D eigenvalue weighted by molar-refractivity contribution is 5.74. The number of benzene rings is 1. The first kappa shape index (κ1) is 19.3. The molecule has 0 bridgehead atoms. The van der Waals surface area contributed by atoms with Gasteiger partial charge in [0.15, 0.2) is 0 Å². The van der Waals surface area contributed by atoms with Crippen LogP contribution in [0, 0.1) is 0 Å². The fraction of sp³-hybridized carbons (Fsp3) is 0.500. The Bertz CT molecular complexity index is 617. The molecule has 2 rings (SSSR count). The Morgan fingerprint density at radius 3 is 2.72 bits per heavy atom. The molecule has 2 atom stereocenters. The van der Waals surface area contributed by atoms with Crippen LogP contribution >= 0.6 is 0 Å². The van der Waals surface area contributed by atoms with Crippen LogP contribution in [0.3, 0.4) is 0 Å². The Morgan fingerprint density at radius 2 is 2.08 bits per heavy atom. The zero-order valence-electron chi connectivity index (χ0n) is 14.3. The molecule has 1 amide bonds. The van der Waals surface area contributed by atoms with E-state index in [1.54, 1.807) is 7.11 Å². The maximum absolute atomic E-state index is 13.0. The van der Waals surface area contributed by atoms with Gasteiger partial charge in [-0.2, -0.15) is 13.2 Å². The van der Waals surface area contributed by atoms with Crippen LogP contribution in [0.5, 0.6) is 5.75 Å². The molecule has 1 aliphatic rings. The molecule has 1 fully saturated rings. The Hall–Kier alpha value is -2.02. The molecule has 4 nitrogen and oxygen atoms in total. The summed E-state index contributed by atoms with van der Waals surface area (Å²) in [6, 6.07) is 5.73. The number of likely N-dealkylation sites (tertiary alicyclic amines) is 1. The third-order valence-corrected chi connectivity index (χ3v) is 4.32. The van der Waals surface area contributed by atoms with Gasteiger partial charge in [-0.1, -0.05) is 30.4 Å². The number of hydrogen-bond acceptors (Lipinski definition) is 3. The molecule has 138 valence electrons. The summed E-state index contributed by atoms with van der Waals surface area (Å²) < 4.78 is 44.3. The predicted octanol–water partition coefficient (Wildman–Crippen LogP) is 3.24. The summed E-state index contributed by atoms with van der Waals surface area (Å²) in [6.45, 7) is 1.76. The summed E-state index contributed by atoms with van der Waals surface area (Å²) >= 11 is 0. The van der Waals surface area contributed by atoms with E-state index in [9.17, 15) is 18.0 Å². The van der Waals surface area contributed by atoms with Gasteiger partial charge in [0.25, 0.3) is 0 Å². The van der Waals surface area contributed by atoms with Crippen LogP contribution < -0.4 is 10.1 Å². The summed E-state index contributed by atoms with van der Waals surface area (Å²) in [5, 5.41) is 3.20. The van der Waals surface area contributed by atoms with E-state index in [0.717, 1.165) is 16.2 Å². The standard InChI is InChI=1S/C18H23F3N2O2/c1-13(24)23-12-15(9-10-17(23)18(19,20)21)22-11-5-7-14-6-3-4-8-16(14)25-2/h3-8,15,17,22H,9-12H2,1-2H3/b7-5+. The van der Waals surface area contributed by atoms with E-state index in [-0.39, 0.29) is 19.0 Å². The van der Waals surface area contributed by atoms with Crippen LogP contribution in [-0.2, 0) is 4.79 Å². The van der Waals surface area contributed by atoms with Crippen molar-refractivity contribution in [2.24, 2.45) is 0 Å². The number of amides is 1. The monoisotopic (exact) mass is 356 g/mol. The number of piperidine rings is 1. The van der Waals surface area contributed by atoms with Crippen LogP contribution in [0.15, 0.2) is 30.3 Å². The van der Waals surface area contributed by atoms with Gasteiger partial charge in [-0.15, -0.1) is 0 Å². The van der Waals surface area contributed by atoms with Gasteiger partial charge in [-0.25, -0.2) is 0 Å². The number of ether oxygens (including phenoxy) is 1. The molecule has 1 heterocycles. The number of methoxy groups -OCH3 is 1. The second-order valence-electron chi connectivity index (χ2n) is 6.06. The number of nitrogens with one attached hydrogen (secondary N) is 1. The van der Waals surface area contributed by atoms with E-state index >= 15 is 0 Å². The predicted molar refractivity (Wildman–Crippen MR) is 90.3 cm³/mol. The summed E-state index contributed by atoms with van der Waals surface area (Å²) in [7, 11) is 1.60. The molecule has 2 unspecified atom stereocenters. The highest BCUT2D eigenvalue weighted by Gasteiger charge is 2.47. The van der Waals surface area contributed by atoms with Crippen LogP contribution in [0.4, 0.5) is 13.2 Å². The van der Waals surface area contributed by atoms with E-state index in [2.05, 4.69) is 5.32 Å². The first-order chi connectivity index (χ1) is 11.8. The largest absolute Gasteiger partial charge is 0.496 e. The summed E-state index contributed by atoms with van der Waals surface area (Å²) in [5.41, 5.74) is 0.929. The molecule has 0 saturated carbocycles. The van der Waals surface area contributed by atoms with E-state index in [0.29, 0.717) is 13.0 Å². The average Bonchev–Trinajstić information content (AvgIpc) is 2.58. The lowest BCUT2D eigenvalue weighted by molar-refractivity contribution is -0.196. The third-order valence-electron chi connectivity index (χ3n) is 4.32. The molecule has 1 aromatic rings. The number of halogens is 3. The summed E-state index contributed by atoms with van der Waals surface area (Å²) in [4.78, 5) is 12.5. The first-order valence-corrected chi connectivity index (χ1v) is 8.19. The van der Waals surface area contributed by atoms with Gasteiger partial charge in [0.05, 0.1) is 7.11 Å². The smallest absolute Gasteiger partial charge is 0.408 e. The quantitative estimate of drug-likeness (QED) is 0.881. The molecule has 0 aliphatic carbocycles. The second-order valence-corrected chi connectivity index (χ2v) is 6.06. The van der Waals surface area contributed by atoms with Crippen molar-refractivity contribution in [3.63, 3.8) is 0 Å². The normalized spacial score (nSPS) is 21.6. The molecular weight excluding hydrogens is 333 g/mol. The van der Waals surface area contributed by atoms with Crippen LogP contribution in [0.25, 0.3) is 6.08 Å². The van der Waals surface area contributed by atoms with E-state index < -0.39 is 18.1 Å². The van der Waals surface area contributed by atoms with Crippen molar-refractivity contribution in [2.45, 2.75) is 38.0 Å². The molecule has 7 heteroatoms. The first-order valence-electron chi connectivity index (χ1n) is 8.19. The van der Waals surface area contributed by atoms with Gasteiger partial charge < -0.3 is 15.0 Å². The summed E-state index contributed by atoms with van der Waals surface area (Å²) in [5.74, 6) is 0.213. The Labute approximate surface area is 145 Å². The maximum Gasteiger partial charge on any atom is 0.408 e. The van der Waals surface area contributed by atoms with Gasteiger partial charge in [-0.3, -0.25) is 4.79 Å². The van der Waals surface area contributed by atoms with Gasteiger partial charge in [-0.05, 0) is 18.9 Å². The highest BCUT2D eigenvalue weighted by Crippen LogP contribution is 2.32. The fourth-order valence-corrected chi connectivity index (χ4v) is 3.05. The van der Waals surface area contributed by atoms with Gasteiger partial charge >= 0.3 is 6.18 Å². The minimum absolute atomic E-state index is 0.0714. The highest BCUT2D eigenvalue weighted by atomic mass is 19.4. The minimum atomic E-state index is -4.37. The second kappa shape index (κ2) is 8.38. The molecule has 1 aromatic carbocycles. The van der Waals surface area contributed by atoms with Crippen molar-refractivity contribution in [3.8, 4) is 5.75 Å². The van der Waals surface area contributed by atoms with Crippen molar-refractivity contribution < 1.29 is 22.7 Å². The Balaban J connectivity index is 1.90. The zero-order valence-corrected chi connectivity index (χ0v) is 14.3. The lowest BCUT2D eigenvalue weighted by Crippen LogP contribution is -2.57. The van der Waals surface area contributed by atoms with Crippen LogP contribution in [0.2, 0.25) is 0 Å². The molecule has 0 radical (unpaired) electrons. The lowest BCUT2D eigenvalue weighted by Gasteiger charge is -2.40. The number of rotatable bonds is 5. The molecule has 1 N–H and O–H groups in total. The lowest BCUT2D eigenvalue weighted by atomic mass is 9.97. The Kier molecular flexibility index (Phi) is 6.47. The number of nitrogens with zero attached hydrogens (tertiary/aromatic N) is 1. The van der Waals surface area contributed by atoms with E-state index in [1.165, 1.54) is 6.92 Å². The minimum Gasteiger partial charge on any atom is -0.496 e. The fourth-order valence-electron chi connectivity index (χ4n) is 3.05. The van der Waals surface area contributed by atoms with E-state index in [4.69, 9.17) is 4.74 Å². The average molecular weight is 356 g/mol.